The molecule has 1 atom stereocenters. The molecule has 8 heteroatoms. The van der Waals surface area contributed by atoms with Crippen molar-refractivity contribution in [2.75, 3.05) is 25.0 Å². The molecule has 26 heavy (non-hydrogen) atoms. The van der Waals surface area contributed by atoms with Crippen molar-refractivity contribution in [2.24, 2.45) is 5.92 Å². The van der Waals surface area contributed by atoms with E-state index in [2.05, 4.69) is 5.32 Å². The summed E-state index contributed by atoms with van der Waals surface area (Å²) in [6.07, 6.45) is 2.13. The molecule has 1 unspecified atom stereocenters. The molecule has 1 aromatic carbocycles. The second-order valence-corrected chi connectivity index (χ2v) is 6.45. The van der Waals surface area contributed by atoms with Gasteiger partial charge in [-0.1, -0.05) is 6.92 Å². The van der Waals surface area contributed by atoms with Gasteiger partial charge in [0.1, 0.15) is 6.10 Å². The second-order valence-electron chi connectivity index (χ2n) is 6.45. The van der Waals surface area contributed by atoms with Gasteiger partial charge in [0.25, 0.3) is 5.91 Å². The Morgan fingerprint density at radius 1 is 1.27 bits per heavy atom. The Morgan fingerprint density at radius 3 is 2.58 bits per heavy atom. The number of nitrogens with one attached hydrogen (secondary N) is 1. The van der Waals surface area contributed by atoms with Crippen molar-refractivity contribution in [3.05, 3.63) is 29.6 Å². The molecular formula is C18H23F3N2O3. The number of halogens is 3. The first-order valence-electron chi connectivity index (χ1n) is 8.67. The zero-order chi connectivity index (χ0) is 19.3. The van der Waals surface area contributed by atoms with Crippen LogP contribution in [0.15, 0.2) is 12.1 Å². The van der Waals surface area contributed by atoms with E-state index in [1.54, 1.807) is 6.92 Å². The SMILES string of the molecule is CCCN(CC(=O)Nc1ccc(F)c(F)c1F)C(=O)C(C)OCC1CC1. The zero-order valence-electron chi connectivity index (χ0n) is 14.9. The van der Waals surface area contributed by atoms with Crippen LogP contribution in [0.5, 0.6) is 0 Å². The van der Waals surface area contributed by atoms with Crippen LogP contribution in [-0.2, 0) is 14.3 Å². The lowest BCUT2D eigenvalue weighted by atomic mass is 10.2. The largest absolute Gasteiger partial charge is 0.368 e. The van der Waals surface area contributed by atoms with Gasteiger partial charge in [-0.05, 0) is 44.2 Å². The van der Waals surface area contributed by atoms with Crippen LogP contribution in [0.1, 0.15) is 33.1 Å². The predicted octanol–water partition coefficient (Wildman–Crippen LogP) is 3.10. The maximum atomic E-state index is 13.6. The Kier molecular flexibility index (Phi) is 7.02. The molecule has 1 aromatic rings. The highest BCUT2D eigenvalue weighted by molar-refractivity contribution is 5.95. The third kappa shape index (κ3) is 5.45. The summed E-state index contributed by atoms with van der Waals surface area (Å²) in [6, 6.07) is 1.65. The van der Waals surface area contributed by atoms with Crippen LogP contribution in [0.2, 0.25) is 0 Å². The number of hydrogen-bond donors (Lipinski definition) is 1. The minimum Gasteiger partial charge on any atom is -0.368 e. The maximum Gasteiger partial charge on any atom is 0.251 e. The number of rotatable bonds is 9. The van der Waals surface area contributed by atoms with Crippen molar-refractivity contribution in [1.82, 2.24) is 4.90 Å². The highest BCUT2D eigenvalue weighted by Gasteiger charge is 2.27. The molecule has 2 rings (SSSR count). The lowest BCUT2D eigenvalue weighted by molar-refractivity contribution is -0.145. The van der Waals surface area contributed by atoms with Crippen LogP contribution in [0.25, 0.3) is 0 Å². The van der Waals surface area contributed by atoms with E-state index in [0.29, 0.717) is 25.5 Å². The predicted molar refractivity (Wildman–Crippen MR) is 90.0 cm³/mol. The van der Waals surface area contributed by atoms with Crippen molar-refractivity contribution in [2.45, 2.75) is 39.2 Å². The molecule has 0 aliphatic heterocycles. The van der Waals surface area contributed by atoms with Crippen LogP contribution in [-0.4, -0.2) is 42.5 Å². The number of ether oxygens (including phenoxy) is 1. The van der Waals surface area contributed by atoms with Gasteiger partial charge < -0.3 is 15.0 Å². The zero-order valence-corrected chi connectivity index (χ0v) is 14.9. The summed E-state index contributed by atoms with van der Waals surface area (Å²) in [4.78, 5) is 25.9. The molecule has 0 heterocycles. The molecule has 0 aromatic heterocycles. The molecule has 1 aliphatic rings. The Labute approximate surface area is 150 Å². The summed E-state index contributed by atoms with van der Waals surface area (Å²) in [5.74, 6) is -5.02. The number of benzene rings is 1. The molecule has 1 fully saturated rings. The monoisotopic (exact) mass is 372 g/mol. The fourth-order valence-electron chi connectivity index (χ4n) is 2.42. The van der Waals surface area contributed by atoms with Crippen molar-refractivity contribution in [3.63, 3.8) is 0 Å². The van der Waals surface area contributed by atoms with Crippen LogP contribution in [0.3, 0.4) is 0 Å². The molecule has 0 bridgehead atoms. The molecular weight excluding hydrogens is 349 g/mol. The molecule has 1 saturated carbocycles. The number of amides is 2. The quantitative estimate of drug-likeness (QED) is 0.678. The second kappa shape index (κ2) is 9.02. The average molecular weight is 372 g/mol. The number of carbonyl (C=O) groups is 2. The maximum absolute atomic E-state index is 13.6. The topological polar surface area (TPSA) is 58.6 Å². The first-order valence-corrected chi connectivity index (χ1v) is 8.67. The molecule has 0 spiro atoms. The minimum atomic E-state index is -1.66. The van der Waals surface area contributed by atoms with Crippen molar-refractivity contribution >= 4 is 17.5 Å². The van der Waals surface area contributed by atoms with E-state index in [1.165, 1.54) is 4.90 Å². The lowest BCUT2D eigenvalue weighted by Gasteiger charge is -2.25. The van der Waals surface area contributed by atoms with Gasteiger partial charge in [0.2, 0.25) is 5.91 Å². The van der Waals surface area contributed by atoms with Crippen LogP contribution in [0.4, 0.5) is 18.9 Å². The van der Waals surface area contributed by atoms with E-state index >= 15 is 0 Å². The molecule has 2 amide bonds. The smallest absolute Gasteiger partial charge is 0.251 e. The van der Waals surface area contributed by atoms with E-state index in [9.17, 15) is 22.8 Å². The first kappa shape index (κ1) is 20.2. The van der Waals surface area contributed by atoms with Crippen molar-refractivity contribution in [1.29, 1.82) is 0 Å². The standard InChI is InChI=1S/C18H23F3N2O3/c1-3-8-23(18(25)11(2)26-10-12-4-5-12)9-15(24)22-14-7-6-13(19)16(20)17(14)21/h6-7,11-12H,3-5,8-10H2,1-2H3,(H,22,24). The Balaban J connectivity index is 1.95. The lowest BCUT2D eigenvalue weighted by Crippen LogP contribution is -2.44. The Morgan fingerprint density at radius 2 is 1.96 bits per heavy atom. The van der Waals surface area contributed by atoms with Crippen molar-refractivity contribution < 1.29 is 27.5 Å². The molecule has 1 N–H and O–H groups in total. The summed E-state index contributed by atoms with van der Waals surface area (Å²) in [5, 5.41) is 2.17. The van der Waals surface area contributed by atoms with E-state index < -0.39 is 35.2 Å². The number of carbonyl (C=O) groups excluding carboxylic acids is 2. The minimum absolute atomic E-state index is 0.323. The molecule has 144 valence electrons. The summed E-state index contributed by atoms with van der Waals surface area (Å²) in [6.45, 7) is 3.98. The molecule has 5 nitrogen and oxygen atoms in total. The normalized spacial score (nSPS) is 14.8. The highest BCUT2D eigenvalue weighted by atomic mass is 19.2. The first-order chi connectivity index (χ1) is 12.3. The number of anilines is 1. The number of hydrogen-bond acceptors (Lipinski definition) is 3. The summed E-state index contributed by atoms with van der Waals surface area (Å²) in [7, 11) is 0. The summed E-state index contributed by atoms with van der Waals surface area (Å²) >= 11 is 0. The fourth-order valence-corrected chi connectivity index (χ4v) is 2.42. The van der Waals surface area contributed by atoms with E-state index in [4.69, 9.17) is 4.74 Å². The Bertz CT molecular complexity index is 665. The van der Waals surface area contributed by atoms with Gasteiger partial charge in [0.15, 0.2) is 17.5 Å². The fraction of sp³-hybridized carbons (Fsp3) is 0.556. The van der Waals surface area contributed by atoms with E-state index in [-0.39, 0.29) is 12.5 Å². The summed E-state index contributed by atoms with van der Waals surface area (Å²) < 4.78 is 45.3. The average Bonchev–Trinajstić information content (AvgIpc) is 3.43. The van der Waals surface area contributed by atoms with Gasteiger partial charge in [-0.15, -0.1) is 0 Å². The van der Waals surface area contributed by atoms with E-state index in [1.807, 2.05) is 6.92 Å². The van der Waals surface area contributed by atoms with Crippen LogP contribution < -0.4 is 5.32 Å². The third-order valence-corrected chi connectivity index (χ3v) is 4.08. The van der Waals surface area contributed by atoms with Crippen molar-refractivity contribution in [3.8, 4) is 0 Å². The summed E-state index contributed by atoms with van der Waals surface area (Å²) in [5.41, 5.74) is -0.476. The third-order valence-electron chi connectivity index (χ3n) is 4.08. The van der Waals surface area contributed by atoms with Crippen LogP contribution in [0, 0.1) is 23.4 Å². The van der Waals surface area contributed by atoms with Gasteiger partial charge in [0.05, 0.1) is 18.8 Å². The number of nitrogens with zero attached hydrogens (tertiary/aromatic N) is 1. The van der Waals surface area contributed by atoms with Gasteiger partial charge in [-0.25, -0.2) is 13.2 Å². The molecule has 0 radical (unpaired) electrons. The molecule has 0 saturated heterocycles. The van der Waals surface area contributed by atoms with Gasteiger partial charge in [-0.3, -0.25) is 9.59 Å². The van der Waals surface area contributed by atoms with Gasteiger partial charge >= 0.3 is 0 Å². The molecule has 1 aliphatic carbocycles. The van der Waals surface area contributed by atoms with E-state index in [0.717, 1.165) is 25.0 Å². The van der Waals surface area contributed by atoms with Gasteiger partial charge in [-0.2, -0.15) is 0 Å². The van der Waals surface area contributed by atoms with Crippen LogP contribution >= 0.6 is 0 Å². The highest BCUT2D eigenvalue weighted by Crippen LogP contribution is 2.29. The van der Waals surface area contributed by atoms with Gasteiger partial charge in [0, 0.05) is 6.54 Å². The Hall–Kier alpha value is -2.09.